The SMILES string of the molecule is CC(C)c1ccc(-c2csc3ncnc(Nc4cc(Cl)cc(Cl)c4)c23)cc1. The molecular formula is C21H17Cl2N3S. The zero-order chi connectivity index (χ0) is 19.0. The maximum Gasteiger partial charge on any atom is 0.143 e. The third-order valence-electron chi connectivity index (χ3n) is 4.38. The molecule has 4 rings (SSSR count). The van der Waals surface area contributed by atoms with Gasteiger partial charge < -0.3 is 5.32 Å². The first-order valence-electron chi connectivity index (χ1n) is 8.57. The molecular weight excluding hydrogens is 397 g/mol. The summed E-state index contributed by atoms with van der Waals surface area (Å²) in [7, 11) is 0. The maximum absolute atomic E-state index is 6.13. The van der Waals surface area contributed by atoms with Crippen LogP contribution in [0.2, 0.25) is 10.0 Å². The Bertz CT molecular complexity index is 1080. The highest BCUT2D eigenvalue weighted by atomic mass is 35.5. The van der Waals surface area contributed by atoms with Crippen LogP contribution in [-0.2, 0) is 0 Å². The predicted molar refractivity (Wildman–Crippen MR) is 117 cm³/mol. The number of aromatic nitrogens is 2. The van der Waals surface area contributed by atoms with Gasteiger partial charge in [0.25, 0.3) is 0 Å². The summed E-state index contributed by atoms with van der Waals surface area (Å²) >= 11 is 13.9. The highest BCUT2D eigenvalue weighted by Gasteiger charge is 2.14. The summed E-state index contributed by atoms with van der Waals surface area (Å²) in [6.45, 7) is 4.39. The quantitative estimate of drug-likeness (QED) is 0.375. The largest absolute Gasteiger partial charge is 0.339 e. The summed E-state index contributed by atoms with van der Waals surface area (Å²) in [6, 6.07) is 14.0. The van der Waals surface area contributed by atoms with Crippen molar-refractivity contribution in [3.8, 4) is 11.1 Å². The summed E-state index contributed by atoms with van der Waals surface area (Å²) in [4.78, 5) is 9.82. The number of benzene rings is 2. The number of anilines is 2. The van der Waals surface area contributed by atoms with E-state index in [0.717, 1.165) is 32.8 Å². The molecule has 2 aromatic carbocycles. The van der Waals surface area contributed by atoms with E-state index in [1.54, 1.807) is 23.7 Å². The second kappa shape index (κ2) is 7.47. The third-order valence-corrected chi connectivity index (χ3v) is 5.71. The molecule has 0 unspecified atom stereocenters. The van der Waals surface area contributed by atoms with E-state index < -0.39 is 0 Å². The molecule has 2 heterocycles. The average molecular weight is 414 g/mol. The molecule has 0 fully saturated rings. The van der Waals surface area contributed by atoms with Crippen LogP contribution in [0.4, 0.5) is 11.5 Å². The molecule has 0 saturated heterocycles. The Labute approximate surface area is 172 Å². The smallest absolute Gasteiger partial charge is 0.143 e. The second-order valence-corrected chi connectivity index (χ2v) is 8.34. The van der Waals surface area contributed by atoms with Crippen LogP contribution in [0.3, 0.4) is 0 Å². The third kappa shape index (κ3) is 3.79. The fourth-order valence-corrected chi connectivity index (χ4v) is 4.43. The van der Waals surface area contributed by atoms with E-state index >= 15 is 0 Å². The molecule has 136 valence electrons. The molecule has 0 aliphatic rings. The lowest BCUT2D eigenvalue weighted by molar-refractivity contribution is 0.867. The monoisotopic (exact) mass is 413 g/mol. The second-order valence-electron chi connectivity index (χ2n) is 6.61. The summed E-state index contributed by atoms with van der Waals surface area (Å²) in [5.41, 5.74) is 4.37. The number of hydrogen-bond donors (Lipinski definition) is 1. The number of nitrogens with zero attached hydrogens (tertiary/aromatic N) is 2. The molecule has 0 saturated carbocycles. The van der Waals surface area contributed by atoms with Crippen LogP contribution >= 0.6 is 34.5 Å². The van der Waals surface area contributed by atoms with Crippen LogP contribution in [0.1, 0.15) is 25.3 Å². The Morgan fingerprint density at radius 2 is 1.67 bits per heavy atom. The average Bonchev–Trinajstić information content (AvgIpc) is 3.06. The number of hydrogen-bond acceptors (Lipinski definition) is 4. The van der Waals surface area contributed by atoms with E-state index in [0.29, 0.717) is 16.0 Å². The van der Waals surface area contributed by atoms with E-state index in [1.807, 2.05) is 12.1 Å². The molecule has 0 radical (unpaired) electrons. The van der Waals surface area contributed by atoms with Gasteiger partial charge in [0.2, 0.25) is 0 Å². The Morgan fingerprint density at radius 3 is 2.33 bits per heavy atom. The minimum atomic E-state index is 0.506. The van der Waals surface area contributed by atoms with Crippen molar-refractivity contribution in [1.29, 1.82) is 0 Å². The van der Waals surface area contributed by atoms with Crippen LogP contribution in [0, 0.1) is 0 Å². The molecule has 0 aliphatic heterocycles. The van der Waals surface area contributed by atoms with E-state index in [-0.39, 0.29) is 0 Å². The van der Waals surface area contributed by atoms with Crippen molar-refractivity contribution in [3.05, 3.63) is 69.8 Å². The van der Waals surface area contributed by atoms with E-state index in [2.05, 4.69) is 58.8 Å². The van der Waals surface area contributed by atoms with Gasteiger partial charge in [-0.25, -0.2) is 9.97 Å². The van der Waals surface area contributed by atoms with Gasteiger partial charge in [0.1, 0.15) is 17.0 Å². The minimum Gasteiger partial charge on any atom is -0.339 e. The highest BCUT2D eigenvalue weighted by Crippen LogP contribution is 2.38. The van der Waals surface area contributed by atoms with Gasteiger partial charge in [0, 0.05) is 26.7 Å². The van der Waals surface area contributed by atoms with Crippen molar-refractivity contribution in [2.75, 3.05) is 5.32 Å². The molecule has 0 amide bonds. The summed E-state index contributed by atoms with van der Waals surface area (Å²) in [6.07, 6.45) is 1.57. The van der Waals surface area contributed by atoms with Crippen molar-refractivity contribution in [3.63, 3.8) is 0 Å². The molecule has 0 spiro atoms. The molecule has 0 bridgehead atoms. The van der Waals surface area contributed by atoms with Gasteiger partial charge in [-0.15, -0.1) is 11.3 Å². The predicted octanol–water partition coefficient (Wildman–Crippen LogP) is 7.53. The van der Waals surface area contributed by atoms with Crippen molar-refractivity contribution in [2.24, 2.45) is 0 Å². The van der Waals surface area contributed by atoms with Gasteiger partial charge in [0.05, 0.1) is 5.39 Å². The molecule has 0 aliphatic carbocycles. The van der Waals surface area contributed by atoms with Gasteiger partial charge >= 0.3 is 0 Å². The Hall–Kier alpha value is -2.14. The van der Waals surface area contributed by atoms with Crippen LogP contribution in [0.25, 0.3) is 21.3 Å². The fraction of sp³-hybridized carbons (Fsp3) is 0.143. The highest BCUT2D eigenvalue weighted by molar-refractivity contribution is 7.17. The van der Waals surface area contributed by atoms with Gasteiger partial charge in [-0.2, -0.15) is 0 Å². The Morgan fingerprint density at radius 1 is 0.963 bits per heavy atom. The number of halogens is 2. The molecule has 6 heteroatoms. The lowest BCUT2D eigenvalue weighted by Gasteiger charge is -2.10. The van der Waals surface area contributed by atoms with Crippen LogP contribution in [-0.4, -0.2) is 9.97 Å². The van der Waals surface area contributed by atoms with Crippen molar-refractivity contribution in [2.45, 2.75) is 19.8 Å². The first-order valence-corrected chi connectivity index (χ1v) is 10.2. The van der Waals surface area contributed by atoms with Crippen LogP contribution < -0.4 is 5.32 Å². The van der Waals surface area contributed by atoms with Gasteiger partial charge in [-0.1, -0.05) is 61.3 Å². The molecule has 2 aromatic heterocycles. The van der Waals surface area contributed by atoms with Crippen molar-refractivity contribution in [1.82, 2.24) is 9.97 Å². The molecule has 27 heavy (non-hydrogen) atoms. The first kappa shape index (κ1) is 18.2. The van der Waals surface area contributed by atoms with Gasteiger partial charge in [-0.05, 0) is 35.2 Å². The standard InChI is InChI=1S/C21H17Cl2N3S/c1-12(2)13-3-5-14(6-4-13)18-10-27-21-19(18)20(24-11-25-21)26-17-8-15(22)7-16(23)9-17/h3-12H,1-2H3,(H,24,25,26). The number of rotatable bonds is 4. The van der Waals surface area contributed by atoms with E-state index in [9.17, 15) is 0 Å². The molecule has 0 atom stereocenters. The molecule has 3 nitrogen and oxygen atoms in total. The zero-order valence-corrected chi connectivity index (χ0v) is 17.2. The summed E-state index contributed by atoms with van der Waals surface area (Å²) in [5, 5.41) is 7.61. The Balaban J connectivity index is 1.79. The van der Waals surface area contributed by atoms with Crippen LogP contribution in [0.5, 0.6) is 0 Å². The number of thiophene rings is 1. The van der Waals surface area contributed by atoms with Gasteiger partial charge in [-0.3, -0.25) is 0 Å². The lowest BCUT2D eigenvalue weighted by atomic mass is 9.99. The Kier molecular flexibility index (Phi) is 5.04. The van der Waals surface area contributed by atoms with Gasteiger partial charge in [0.15, 0.2) is 0 Å². The summed E-state index contributed by atoms with van der Waals surface area (Å²) < 4.78 is 0. The lowest BCUT2D eigenvalue weighted by Crippen LogP contribution is -1.96. The van der Waals surface area contributed by atoms with Crippen molar-refractivity contribution >= 4 is 56.3 Å². The topological polar surface area (TPSA) is 37.8 Å². The van der Waals surface area contributed by atoms with Crippen LogP contribution in [0.15, 0.2) is 54.2 Å². The van der Waals surface area contributed by atoms with E-state index in [4.69, 9.17) is 23.2 Å². The molecule has 1 N–H and O–H groups in total. The first-order chi connectivity index (χ1) is 13.0. The minimum absolute atomic E-state index is 0.506. The number of fused-ring (bicyclic) bond motifs is 1. The maximum atomic E-state index is 6.13. The normalized spacial score (nSPS) is 11.3. The van der Waals surface area contributed by atoms with E-state index in [1.165, 1.54) is 5.56 Å². The fourth-order valence-electron chi connectivity index (χ4n) is 2.99. The molecule has 4 aromatic rings. The summed E-state index contributed by atoms with van der Waals surface area (Å²) in [5.74, 6) is 1.24. The number of nitrogens with one attached hydrogen (secondary N) is 1. The van der Waals surface area contributed by atoms with Crippen molar-refractivity contribution < 1.29 is 0 Å². The zero-order valence-electron chi connectivity index (χ0n) is 14.8.